The summed E-state index contributed by atoms with van der Waals surface area (Å²) in [5.41, 5.74) is -0.613. The van der Waals surface area contributed by atoms with Crippen LogP contribution in [0.15, 0.2) is 6.08 Å². The fraction of sp³-hybridized carbons (Fsp3) is 0.600. The van der Waals surface area contributed by atoms with Gasteiger partial charge in [-0.15, -0.1) is 0 Å². The fourth-order valence-corrected chi connectivity index (χ4v) is 0.551. The van der Waals surface area contributed by atoms with Gasteiger partial charge in [0.25, 0.3) is 0 Å². The van der Waals surface area contributed by atoms with Crippen molar-refractivity contribution in [3.05, 3.63) is 12.7 Å². The van der Waals surface area contributed by atoms with Crippen LogP contribution in [0.5, 0.6) is 0 Å². The van der Waals surface area contributed by atoms with E-state index in [1.807, 2.05) is 41.5 Å². The Labute approximate surface area is 125 Å². The first-order chi connectivity index (χ1) is 7.46. The molecule has 0 heterocycles. The number of hydrogen-bond acceptors (Lipinski definition) is 2. The first-order valence-corrected chi connectivity index (χ1v) is 5.53. The molecule has 0 bridgehead atoms. The smallest absolute Gasteiger partial charge is 0.210 e. The molecule has 0 atom stereocenters. The van der Waals surface area contributed by atoms with Crippen LogP contribution >= 0.6 is 0 Å². The van der Waals surface area contributed by atoms with E-state index in [2.05, 4.69) is 11.8 Å². The first kappa shape index (κ1) is 22.5. The van der Waals surface area contributed by atoms with E-state index in [9.17, 15) is 9.59 Å². The summed E-state index contributed by atoms with van der Waals surface area (Å²) >= 11 is 0. The summed E-state index contributed by atoms with van der Waals surface area (Å²) in [6.45, 7) is 17.7. The fourth-order valence-electron chi connectivity index (χ4n) is 0.551. The Morgan fingerprint density at radius 1 is 1.00 bits per heavy atom. The molecular weight excluding hydrogens is 398 g/mol. The maximum atomic E-state index is 10.9. The van der Waals surface area contributed by atoms with E-state index >= 15 is 0 Å². The minimum Gasteiger partial charge on any atom is -0.406 e. The average molecular weight is 422 g/mol. The average Bonchev–Trinajstić information content (AvgIpc) is 2.15. The molecule has 0 unspecified atom stereocenters. The quantitative estimate of drug-likeness (QED) is 0.282. The molecule has 0 spiro atoms. The van der Waals surface area contributed by atoms with Gasteiger partial charge in [-0.2, -0.15) is 6.08 Å². The maximum Gasteiger partial charge on any atom is 0.210 e. The van der Waals surface area contributed by atoms with Crippen LogP contribution in [0.3, 0.4) is 0 Å². The molecule has 0 amide bonds. The second kappa shape index (κ2) is 9.26. The van der Waals surface area contributed by atoms with Crippen LogP contribution in [0.1, 0.15) is 48.5 Å². The normalized spacial score (nSPS) is 9.72. The minimum absolute atomic E-state index is 0. The number of hydrogen-bond donors (Lipinski definition) is 0. The van der Waals surface area contributed by atoms with Crippen molar-refractivity contribution < 1.29 is 30.0 Å². The van der Waals surface area contributed by atoms with E-state index in [4.69, 9.17) is 6.58 Å². The Kier molecular flexibility index (Phi) is 11.6. The van der Waals surface area contributed by atoms with Crippen LogP contribution in [0.2, 0.25) is 0 Å². The molecule has 2 nitrogen and oxygen atoms in total. The maximum absolute atomic E-state index is 10.9. The number of ketones is 2. The van der Waals surface area contributed by atoms with Crippen molar-refractivity contribution in [2.45, 2.75) is 48.5 Å². The zero-order chi connectivity index (χ0) is 14.3. The van der Waals surface area contributed by atoms with Crippen molar-refractivity contribution in [3.8, 4) is 11.8 Å². The second-order valence-electron chi connectivity index (χ2n) is 5.74. The van der Waals surface area contributed by atoms with Gasteiger partial charge in [0, 0.05) is 31.6 Å². The van der Waals surface area contributed by atoms with Crippen LogP contribution in [-0.2, 0) is 30.0 Å². The molecule has 1 radical (unpaired) electrons. The minimum atomic E-state index is -0.311. The van der Waals surface area contributed by atoms with E-state index in [0.717, 1.165) is 6.08 Å². The van der Waals surface area contributed by atoms with Gasteiger partial charge in [0.2, 0.25) is 5.78 Å². The third kappa shape index (κ3) is 11.8. The van der Waals surface area contributed by atoms with Crippen molar-refractivity contribution in [1.82, 2.24) is 0 Å². The molecule has 0 rings (SSSR count). The predicted octanol–water partition coefficient (Wildman–Crippen LogP) is 3.21. The molecule has 0 aromatic heterocycles. The summed E-state index contributed by atoms with van der Waals surface area (Å²) < 4.78 is 0. The number of allylic oxidation sites excluding steroid dienone is 1. The molecule has 0 aliphatic carbocycles. The van der Waals surface area contributed by atoms with Crippen LogP contribution in [-0.4, -0.2) is 11.6 Å². The molecule has 0 aliphatic rings. The van der Waals surface area contributed by atoms with Gasteiger partial charge in [-0.05, 0) is 18.3 Å². The van der Waals surface area contributed by atoms with Crippen LogP contribution < -0.4 is 0 Å². The molecule has 18 heavy (non-hydrogen) atoms. The monoisotopic (exact) mass is 422 g/mol. The summed E-state index contributed by atoms with van der Waals surface area (Å²) in [6, 6.07) is 0. The third-order valence-electron chi connectivity index (χ3n) is 1.81. The Balaban J connectivity index is -0.000000238. The molecule has 0 aromatic carbocycles. The van der Waals surface area contributed by atoms with Crippen molar-refractivity contribution in [1.29, 1.82) is 0 Å². The Morgan fingerprint density at radius 2 is 1.39 bits per heavy atom. The standard InChI is InChI=1S/C8H12O.C7H11O.Re/c1-5-6-7(9)8(2,3)4;1-5-6(8)7(2,3)4;/h1-4H3;1,5H,2-4H3;/q;-1;. The Bertz CT molecular complexity index is 343. The van der Waals surface area contributed by atoms with Gasteiger partial charge < -0.3 is 4.79 Å². The van der Waals surface area contributed by atoms with Gasteiger partial charge in [-0.1, -0.05) is 47.5 Å². The van der Waals surface area contributed by atoms with Crippen LogP contribution in [0, 0.1) is 29.2 Å². The number of Topliss-reactive ketones (excluding diaryl/α,β-unsaturated/α-hetero) is 1. The summed E-state index contributed by atoms with van der Waals surface area (Å²) in [4.78, 5) is 21.5. The molecule has 3 heteroatoms. The third-order valence-corrected chi connectivity index (χ3v) is 1.81. The van der Waals surface area contributed by atoms with E-state index in [0.29, 0.717) is 0 Å². The summed E-state index contributed by atoms with van der Waals surface area (Å²) in [5.74, 6) is 5.06. The van der Waals surface area contributed by atoms with E-state index in [1.165, 1.54) is 0 Å². The van der Waals surface area contributed by atoms with Gasteiger partial charge in [-0.3, -0.25) is 11.4 Å². The summed E-state index contributed by atoms with van der Waals surface area (Å²) in [5, 5.41) is 0. The predicted molar refractivity (Wildman–Crippen MR) is 71.2 cm³/mol. The molecule has 103 valence electrons. The topological polar surface area (TPSA) is 34.1 Å². The van der Waals surface area contributed by atoms with Gasteiger partial charge in [0.15, 0.2) is 0 Å². The van der Waals surface area contributed by atoms with E-state index < -0.39 is 0 Å². The summed E-state index contributed by atoms with van der Waals surface area (Å²) in [6.07, 6.45) is 1.11. The van der Waals surface area contributed by atoms with Gasteiger partial charge in [0.1, 0.15) is 0 Å². The number of carbonyl (C=O) groups excluding carboxylic acids is 2. The van der Waals surface area contributed by atoms with Crippen LogP contribution in [0.25, 0.3) is 0 Å². The SMILES string of the molecule is CC#CC(=O)C(C)(C)C.[CH-]=CC(=O)C(C)(C)C.[Re]. The Hall–Kier alpha value is -0.698. The van der Waals surface area contributed by atoms with E-state index in [-0.39, 0.29) is 42.8 Å². The van der Waals surface area contributed by atoms with Gasteiger partial charge in [0.05, 0.1) is 0 Å². The molecule has 0 aromatic rings. The zero-order valence-electron chi connectivity index (χ0n) is 12.3. The number of rotatable bonds is 1. The van der Waals surface area contributed by atoms with Crippen molar-refractivity contribution in [3.63, 3.8) is 0 Å². The molecule has 0 N–H and O–H groups in total. The second-order valence-corrected chi connectivity index (χ2v) is 5.74. The molecule has 0 saturated heterocycles. The van der Waals surface area contributed by atoms with Gasteiger partial charge >= 0.3 is 0 Å². The van der Waals surface area contributed by atoms with Crippen molar-refractivity contribution in [2.75, 3.05) is 0 Å². The molecular formula is C15H23O2Re-. The van der Waals surface area contributed by atoms with E-state index in [1.54, 1.807) is 6.92 Å². The summed E-state index contributed by atoms with van der Waals surface area (Å²) in [7, 11) is 0. The van der Waals surface area contributed by atoms with Crippen LogP contribution in [0.4, 0.5) is 0 Å². The molecule has 0 saturated carbocycles. The van der Waals surface area contributed by atoms with Crippen molar-refractivity contribution in [2.24, 2.45) is 10.8 Å². The largest absolute Gasteiger partial charge is 0.406 e. The first-order valence-electron chi connectivity index (χ1n) is 5.53. The molecule has 0 aliphatic heterocycles. The van der Waals surface area contributed by atoms with Gasteiger partial charge in [-0.25, -0.2) is 0 Å². The number of carbonyl (C=O) groups is 2. The molecule has 0 fully saturated rings. The van der Waals surface area contributed by atoms with Crippen molar-refractivity contribution >= 4 is 11.6 Å². The Morgan fingerprint density at radius 3 is 1.44 bits per heavy atom. The zero-order valence-corrected chi connectivity index (χ0v) is 15.1.